The molecule has 3 atom stereocenters. The van der Waals surface area contributed by atoms with Crippen LogP contribution in [0.25, 0.3) is 0 Å². The first kappa shape index (κ1) is 14.8. The van der Waals surface area contributed by atoms with Gasteiger partial charge >= 0.3 is 0 Å². The van der Waals surface area contributed by atoms with Crippen molar-refractivity contribution < 1.29 is 5.11 Å². The Morgan fingerprint density at radius 2 is 2.32 bits per heavy atom. The molecule has 3 N–H and O–H groups in total. The van der Waals surface area contributed by atoms with Crippen LogP contribution in [-0.4, -0.2) is 35.7 Å². The molecule has 1 fully saturated rings. The minimum absolute atomic E-state index is 0.00944. The predicted molar refractivity (Wildman–Crippen MR) is 79.2 cm³/mol. The van der Waals surface area contributed by atoms with Gasteiger partial charge in [0.25, 0.3) is 0 Å². The lowest BCUT2D eigenvalue weighted by atomic mass is 9.95. The number of halogens is 1. The number of hydrogen-bond acceptors (Lipinski definition) is 3. The highest BCUT2D eigenvalue weighted by Crippen LogP contribution is 2.21. The molecule has 1 saturated heterocycles. The van der Waals surface area contributed by atoms with E-state index in [0.29, 0.717) is 5.92 Å². The van der Waals surface area contributed by atoms with Gasteiger partial charge < -0.3 is 15.7 Å². The standard InChI is InChI=1S/C15H23ClN2O/c1-11-5-7-18(10-15(11)19)8-6-14(17)12-3-2-4-13(16)9-12/h2-4,9,11,14-15,19H,5-8,10,17H2,1H3. The summed E-state index contributed by atoms with van der Waals surface area (Å²) in [6.07, 6.45) is 1.76. The zero-order valence-corrected chi connectivity index (χ0v) is 12.2. The molecule has 0 saturated carbocycles. The summed E-state index contributed by atoms with van der Waals surface area (Å²) in [5, 5.41) is 10.6. The molecule has 4 heteroatoms. The van der Waals surface area contributed by atoms with Crippen molar-refractivity contribution in [3.05, 3.63) is 34.9 Å². The van der Waals surface area contributed by atoms with Crippen LogP contribution in [0.2, 0.25) is 5.02 Å². The van der Waals surface area contributed by atoms with E-state index in [1.807, 2.05) is 24.3 Å². The van der Waals surface area contributed by atoms with E-state index in [4.69, 9.17) is 17.3 Å². The van der Waals surface area contributed by atoms with E-state index >= 15 is 0 Å². The zero-order valence-electron chi connectivity index (χ0n) is 11.4. The van der Waals surface area contributed by atoms with Crippen LogP contribution in [0.1, 0.15) is 31.4 Å². The Morgan fingerprint density at radius 3 is 3.00 bits per heavy atom. The third kappa shape index (κ3) is 4.18. The molecule has 0 spiro atoms. The number of nitrogens with two attached hydrogens (primary N) is 1. The van der Waals surface area contributed by atoms with Crippen LogP contribution in [0.3, 0.4) is 0 Å². The third-order valence-corrected chi connectivity index (χ3v) is 4.27. The molecular formula is C15H23ClN2O. The Hall–Kier alpha value is -0.610. The molecule has 3 unspecified atom stereocenters. The average Bonchev–Trinajstić information content (AvgIpc) is 2.40. The fourth-order valence-electron chi connectivity index (χ4n) is 2.54. The molecule has 3 nitrogen and oxygen atoms in total. The molecule has 1 aliphatic heterocycles. The van der Waals surface area contributed by atoms with Crippen LogP contribution >= 0.6 is 11.6 Å². The second kappa shape index (κ2) is 6.71. The maximum atomic E-state index is 9.88. The van der Waals surface area contributed by atoms with Crippen LogP contribution in [0.5, 0.6) is 0 Å². The summed E-state index contributed by atoms with van der Waals surface area (Å²) in [7, 11) is 0. The van der Waals surface area contributed by atoms with Gasteiger partial charge in [0, 0.05) is 24.2 Å². The second-order valence-corrected chi connectivity index (χ2v) is 6.02. The van der Waals surface area contributed by atoms with Gasteiger partial charge in [-0.05, 0) is 43.0 Å². The minimum atomic E-state index is -0.198. The molecule has 1 aromatic carbocycles. The predicted octanol–water partition coefficient (Wildman–Crippen LogP) is 2.43. The van der Waals surface area contributed by atoms with Crippen molar-refractivity contribution in [2.45, 2.75) is 31.9 Å². The fourth-order valence-corrected chi connectivity index (χ4v) is 2.74. The van der Waals surface area contributed by atoms with E-state index in [9.17, 15) is 5.11 Å². The zero-order chi connectivity index (χ0) is 13.8. The summed E-state index contributed by atoms with van der Waals surface area (Å²) >= 11 is 5.97. The first-order valence-corrected chi connectivity index (χ1v) is 7.35. The first-order chi connectivity index (χ1) is 9.06. The average molecular weight is 283 g/mol. The highest BCUT2D eigenvalue weighted by Gasteiger charge is 2.24. The van der Waals surface area contributed by atoms with Crippen molar-refractivity contribution in [3.8, 4) is 0 Å². The maximum Gasteiger partial charge on any atom is 0.0693 e. The molecule has 19 heavy (non-hydrogen) atoms. The topological polar surface area (TPSA) is 49.5 Å². The summed E-state index contributed by atoms with van der Waals surface area (Å²) in [5.74, 6) is 0.415. The smallest absolute Gasteiger partial charge is 0.0693 e. The van der Waals surface area contributed by atoms with Crippen LogP contribution in [0.4, 0.5) is 0 Å². The number of piperidine rings is 1. The number of aliphatic hydroxyl groups excluding tert-OH is 1. The fraction of sp³-hybridized carbons (Fsp3) is 0.600. The van der Waals surface area contributed by atoms with Gasteiger partial charge in [-0.25, -0.2) is 0 Å². The Kier molecular flexibility index (Phi) is 5.22. The molecule has 2 rings (SSSR count). The van der Waals surface area contributed by atoms with Gasteiger partial charge in [-0.15, -0.1) is 0 Å². The van der Waals surface area contributed by atoms with Gasteiger partial charge in [-0.2, -0.15) is 0 Å². The number of rotatable bonds is 4. The summed E-state index contributed by atoms with van der Waals surface area (Å²) in [5.41, 5.74) is 7.28. The first-order valence-electron chi connectivity index (χ1n) is 6.97. The van der Waals surface area contributed by atoms with E-state index in [1.165, 1.54) is 0 Å². The van der Waals surface area contributed by atoms with Gasteiger partial charge in [0.2, 0.25) is 0 Å². The maximum absolute atomic E-state index is 9.88. The molecule has 1 aromatic rings. The molecule has 0 bridgehead atoms. The molecule has 0 aromatic heterocycles. The van der Waals surface area contributed by atoms with Crippen LogP contribution in [-0.2, 0) is 0 Å². The van der Waals surface area contributed by atoms with E-state index in [2.05, 4.69) is 11.8 Å². The van der Waals surface area contributed by atoms with Gasteiger partial charge in [-0.1, -0.05) is 30.7 Å². The lowest BCUT2D eigenvalue weighted by molar-refractivity contribution is 0.0282. The van der Waals surface area contributed by atoms with E-state index in [0.717, 1.165) is 43.1 Å². The molecule has 0 aliphatic carbocycles. The van der Waals surface area contributed by atoms with Gasteiger partial charge in [-0.3, -0.25) is 0 Å². The number of benzene rings is 1. The summed E-state index contributed by atoms with van der Waals surface area (Å²) in [6, 6.07) is 7.75. The highest BCUT2D eigenvalue weighted by molar-refractivity contribution is 6.30. The van der Waals surface area contributed by atoms with Crippen LogP contribution in [0.15, 0.2) is 24.3 Å². The summed E-state index contributed by atoms with van der Waals surface area (Å²) in [4.78, 5) is 2.30. The monoisotopic (exact) mass is 282 g/mol. The van der Waals surface area contributed by atoms with Gasteiger partial charge in [0.15, 0.2) is 0 Å². The number of aliphatic hydroxyl groups is 1. The quantitative estimate of drug-likeness (QED) is 0.892. The van der Waals surface area contributed by atoms with Gasteiger partial charge in [0.05, 0.1) is 6.10 Å². The van der Waals surface area contributed by atoms with E-state index in [1.54, 1.807) is 0 Å². The van der Waals surface area contributed by atoms with Crippen molar-refractivity contribution >= 4 is 11.6 Å². The minimum Gasteiger partial charge on any atom is -0.392 e. The van der Waals surface area contributed by atoms with Crippen LogP contribution < -0.4 is 5.73 Å². The highest BCUT2D eigenvalue weighted by atomic mass is 35.5. The molecule has 1 aliphatic rings. The van der Waals surface area contributed by atoms with E-state index in [-0.39, 0.29) is 12.1 Å². The van der Waals surface area contributed by atoms with Crippen molar-refractivity contribution in [3.63, 3.8) is 0 Å². The number of hydrogen-bond donors (Lipinski definition) is 2. The number of likely N-dealkylation sites (tertiary alicyclic amines) is 1. The molecule has 0 amide bonds. The van der Waals surface area contributed by atoms with Crippen molar-refractivity contribution in [1.82, 2.24) is 4.90 Å². The van der Waals surface area contributed by atoms with Crippen LogP contribution in [0, 0.1) is 5.92 Å². The van der Waals surface area contributed by atoms with Crippen molar-refractivity contribution in [1.29, 1.82) is 0 Å². The number of nitrogens with zero attached hydrogens (tertiary/aromatic N) is 1. The van der Waals surface area contributed by atoms with Crippen molar-refractivity contribution in [2.24, 2.45) is 11.7 Å². The largest absolute Gasteiger partial charge is 0.392 e. The molecular weight excluding hydrogens is 260 g/mol. The second-order valence-electron chi connectivity index (χ2n) is 5.58. The van der Waals surface area contributed by atoms with Crippen molar-refractivity contribution in [2.75, 3.05) is 19.6 Å². The Balaban J connectivity index is 1.82. The van der Waals surface area contributed by atoms with Gasteiger partial charge in [0.1, 0.15) is 0 Å². The van der Waals surface area contributed by atoms with E-state index < -0.39 is 0 Å². The summed E-state index contributed by atoms with van der Waals surface area (Å²) in [6.45, 7) is 4.86. The SMILES string of the molecule is CC1CCN(CCC(N)c2cccc(Cl)c2)CC1O. The lowest BCUT2D eigenvalue weighted by Gasteiger charge is -2.34. The Morgan fingerprint density at radius 1 is 1.53 bits per heavy atom. The third-order valence-electron chi connectivity index (χ3n) is 4.04. The Bertz CT molecular complexity index is 413. The lowest BCUT2D eigenvalue weighted by Crippen LogP contribution is -2.43. The molecule has 0 radical (unpaired) electrons. The number of β-amino-alcohol motifs (C(OH)–C–C–N with tert-alkyl or cyclic N) is 1. The summed E-state index contributed by atoms with van der Waals surface area (Å²) < 4.78 is 0. The normalized spacial score (nSPS) is 26.3. The Labute approximate surface area is 120 Å². The molecule has 1 heterocycles. The molecule has 106 valence electrons.